The molecule has 2 heterocycles. The fraction of sp³-hybridized carbons (Fsp3) is 0.231. The zero-order valence-electron chi connectivity index (χ0n) is 18.0. The number of carbonyl (C=O) groups is 1. The summed E-state index contributed by atoms with van der Waals surface area (Å²) in [6, 6.07) is 14.1. The molecule has 0 bridgehead atoms. The van der Waals surface area contributed by atoms with Crippen LogP contribution < -0.4 is 9.47 Å². The minimum atomic E-state index is -0.458. The van der Waals surface area contributed by atoms with Gasteiger partial charge in [-0.2, -0.15) is 0 Å². The van der Waals surface area contributed by atoms with E-state index < -0.39 is 5.97 Å². The average Bonchev–Trinajstić information content (AvgIpc) is 3.39. The van der Waals surface area contributed by atoms with E-state index in [9.17, 15) is 4.79 Å². The highest BCUT2D eigenvalue weighted by Gasteiger charge is 2.27. The molecule has 0 unspecified atom stereocenters. The Morgan fingerprint density at radius 1 is 0.968 bits per heavy atom. The first-order chi connectivity index (χ1) is 14.9. The molecule has 0 amide bonds. The Hall–Kier alpha value is -3.60. The van der Waals surface area contributed by atoms with Crippen LogP contribution in [0.5, 0.6) is 11.5 Å². The van der Waals surface area contributed by atoms with Crippen LogP contribution in [-0.4, -0.2) is 18.7 Å². The summed E-state index contributed by atoms with van der Waals surface area (Å²) in [5, 5.41) is 0. The van der Waals surface area contributed by atoms with E-state index in [1.807, 2.05) is 12.1 Å². The van der Waals surface area contributed by atoms with Crippen molar-refractivity contribution in [2.45, 2.75) is 33.6 Å². The molecular weight excluding hydrogens is 390 g/mol. The van der Waals surface area contributed by atoms with Gasteiger partial charge in [-0.25, -0.2) is 9.79 Å². The number of fused-ring (bicyclic) bond motifs is 2. The summed E-state index contributed by atoms with van der Waals surface area (Å²) in [5.41, 5.74) is 7.89. The molecule has 5 heteroatoms. The second kappa shape index (κ2) is 7.27. The minimum absolute atomic E-state index is 0.189. The number of hydrogen-bond acceptors (Lipinski definition) is 5. The van der Waals surface area contributed by atoms with Gasteiger partial charge in [0.2, 0.25) is 12.7 Å². The summed E-state index contributed by atoms with van der Waals surface area (Å²) in [6.45, 7) is 8.77. The van der Waals surface area contributed by atoms with Crippen molar-refractivity contribution < 1.29 is 19.0 Å². The quantitative estimate of drug-likeness (QED) is 0.414. The topological polar surface area (TPSA) is 57.1 Å². The largest absolute Gasteiger partial charge is 0.454 e. The van der Waals surface area contributed by atoms with Crippen LogP contribution in [0, 0.1) is 13.8 Å². The van der Waals surface area contributed by atoms with Crippen LogP contribution in [-0.2, 0) is 9.53 Å². The van der Waals surface area contributed by atoms with Crippen molar-refractivity contribution in [3.63, 3.8) is 0 Å². The summed E-state index contributed by atoms with van der Waals surface area (Å²) < 4.78 is 16.2. The Balaban J connectivity index is 1.56. The zero-order valence-corrected chi connectivity index (χ0v) is 18.0. The molecule has 2 aliphatic heterocycles. The van der Waals surface area contributed by atoms with Gasteiger partial charge in [-0.05, 0) is 77.4 Å². The van der Waals surface area contributed by atoms with Crippen LogP contribution >= 0.6 is 0 Å². The van der Waals surface area contributed by atoms with E-state index in [0.717, 1.165) is 16.7 Å². The lowest BCUT2D eigenvalue weighted by atomic mass is 10.0. The first-order valence-corrected chi connectivity index (χ1v) is 10.4. The summed E-state index contributed by atoms with van der Waals surface area (Å²) in [5.74, 6) is 1.54. The Labute approximate surface area is 181 Å². The third kappa shape index (κ3) is 3.36. The predicted molar refractivity (Wildman–Crippen MR) is 120 cm³/mol. The number of rotatable bonds is 3. The van der Waals surface area contributed by atoms with Crippen LogP contribution in [0.3, 0.4) is 0 Å². The predicted octanol–water partition coefficient (Wildman–Crippen LogP) is 5.60. The molecule has 5 nitrogen and oxygen atoms in total. The van der Waals surface area contributed by atoms with E-state index in [2.05, 4.69) is 57.0 Å². The van der Waals surface area contributed by atoms with Gasteiger partial charge in [0.15, 0.2) is 17.2 Å². The molecule has 1 aromatic carbocycles. The van der Waals surface area contributed by atoms with Crippen molar-refractivity contribution >= 4 is 17.9 Å². The molecule has 0 radical (unpaired) electrons. The van der Waals surface area contributed by atoms with Crippen molar-refractivity contribution in [3.8, 4) is 22.6 Å². The van der Waals surface area contributed by atoms with Crippen LogP contribution in [0.4, 0.5) is 0 Å². The van der Waals surface area contributed by atoms with Crippen LogP contribution in [0.25, 0.3) is 17.2 Å². The van der Waals surface area contributed by atoms with Gasteiger partial charge in [-0.1, -0.05) is 38.1 Å². The average molecular weight is 413 g/mol. The summed E-state index contributed by atoms with van der Waals surface area (Å²) in [4.78, 5) is 17.0. The van der Waals surface area contributed by atoms with Gasteiger partial charge in [-0.15, -0.1) is 0 Å². The number of hydrogen-bond donors (Lipinski definition) is 0. The third-order valence-corrected chi connectivity index (χ3v) is 5.78. The normalized spacial score (nSPS) is 16.4. The molecule has 5 rings (SSSR count). The highest BCUT2D eigenvalue weighted by Crippen LogP contribution is 2.38. The molecule has 2 aliphatic carbocycles. The Morgan fingerprint density at radius 3 is 2.58 bits per heavy atom. The number of esters is 1. The van der Waals surface area contributed by atoms with Gasteiger partial charge in [0.1, 0.15) is 0 Å². The molecule has 0 fully saturated rings. The lowest BCUT2D eigenvalue weighted by Crippen LogP contribution is -2.05. The van der Waals surface area contributed by atoms with E-state index in [4.69, 9.17) is 14.2 Å². The van der Waals surface area contributed by atoms with E-state index in [0.29, 0.717) is 23.0 Å². The molecule has 4 aliphatic rings. The van der Waals surface area contributed by atoms with Crippen molar-refractivity contribution in [2.24, 2.45) is 4.99 Å². The van der Waals surface area contributed by atoms with Crippen LogP contribution in [0.2, 0.25) is 0 Å². The highest BCUT2D eigenvalue weighted by atomic mass is 16.7. The maximum Gasteiger partial charge on any atom is 0.363 e. The molecule has 0 spiro atoms. The molecule has 31 heavy (non-hydrogen) atoms. The molecule has 0 N–H and O–H groups in total. The van der Waals surface area contributed by atoms with E-state index in [-0.39, 0.29) is 18.4 Å². The number of ether oxygens (including phenoxy) is 3. The summed E-state index contributed by atoms with van der Waals surface area (Å²) in [7, 11) is 0. The molecule has 0 aromatic heterocycles. The van der Waals surface area contributed by atoms with E-state index in [1.165, 1.54) is 16.7 Å². The molecule has 0 saturated heterocycles. The SMILES string of the molecule is Cc1cc(/C=C2/N=C(c3ccc4c(c3)OCO4)OC2=O)c2c(C)ccc(C(C)C)cc1-2. The number of aliphatic imine (C=N–C) groups is 1. The number of nitrogens with zero attached hydrogens (tertiary/aromatic N) is 1. The summed E-state index contributed by atoms with van der Waals surface area (Å²) in [6.07, 6.45) is 1.82. The molecule has 1 aromatic rings. The minimum Gasteiger partial charge on any atom is -0.454 e. The Kier molecular flexibility index (Phi) is 4.54. The maximum atomic E-state index is 12.6. The third-order valence-electron chi connectivity index (χ3n) is 5.78. The van der Waals surface area contributed by atoms with Crippen molar-refractivity contribution in [1.29, 1.82) is 0 Å². The van der Waals surface area contributed by atoms with Gasteiger partial charge in [-0.3, -0.25) is 0 Å². The van der Waals surface area contributed by atoms with Crippen LogP contribution in [0.15, 0.2) is 53.2 Å². The molecule has 0 saturated carbocycles. The fourth-order valence-corrected chi connectivity index (χ4v) is 4.06. The van der Waals surface area contributed by atoms with E-state index in [1.54, 1.807) is 12.1 Å². The van der Waals surface area contributed by atoms with Gasteiger partial charge in [0.05, 0.1) is 0 Å². The second-order valence-corrected chi connectivity index (χ2v) is 8.29. The molecule has 0 atom stereocenters. The van der Waals surface area contributed by atoms with Crippen molar-refractivity contribution in [2.75, 3.05) is 6.79 Å². The summed E-state index contributed by atoms with van der Waals surface area (Å²) >= 11 is 0. The number of benzene rings is 1. The van der Waals surface area contributed by atoms with Gasteiger partial charge < -0.3 is 14.2 Å². The zero-order chi connectivity index (χ0) is 21.7. The van der Waals surface area contributed by atoms with E-state index >= 15 is 0 Å². The Bertz CT molecular complexity index is 1250. The number of aryl methyl sites for hydroxylation is 2. The van der Waals surface area contributed by atoms with Gasteiger partial charge in [0, 0.05) is 5.56 Å². The monoisotopic (exact) mass is 413 g/mol. The number of cyclic esters (lactones) is 1. The molecule has 156 valence electrons. The fourth-order valence-electron chi connectivity index (χ4n) is 4.06. The first-order valence-electron chi connectivity index (χ1n) is 10.4. The Morgan fingerprint density at radius 2 is 1.77 bits per heavy atom. The van der Waals surface area contributed by atoms with Crippen molar-refractivity contribution in [3.05, 3.63) is 76.0 Å². The second-order valence-electron chi connectivity index (χ2n) is 8.29. The number of carbonyl (C=O) groups excluding carboxylic acids is 1. The maximum absolute atomic E-state index is 12.6. The lowest BCUT2D eigenvalue weighted by Gasteiger charge is -2.04. The van der Waals surface area contributed by atoms with Crippen LogP contribution in [0.1, 0.15) is 47.6 Å². The lowest BCUT2D eigenvalue weighted by molar-refractivity contribution is -0.129. The standard InChI is InChI=1S/C26H23NO4/c1-14(2)17-6-5-15(3)24-19(9-16(4)20(24)10-17)11-21-26(28)31-25(27-21)18-7-8-22-23(12-18)30-13-29-22/h5-12,14H,13H2,1-4H3/b21-11+. The smallest absolute Gasteiger partial charge is 0.363 e. The van der Waals surface area contributed by atoms with Crippen molar-refractivity contribution in [1.82, 2.24) is 0 Å². The molecular formula is C26H23NO4. The first kappa shape index (κ1) is 19.4. The van der Waals surface area contributed by atoms with Gasteiger partial charge >= 0.3 is 5.97 Å². The highest BCUT2D eigenvalue weighted by molar-refractivity contribution is 6.13. The van der Waals surface area contributed by atoms with Gasteiger partial charge in [0.25, 0.3) is 0 Å².